The summed E-state index contributed by atoms with van der Waals surface area (Å²) >= 11 is 0. The minimum absolute atomic E-state index is 0.0416. The summed E-state index contributed by atoms with van der Waals surface area (Å²) in [5, 5.41) is 2.42. The molecule has 5 rings (SSSR count). The summed E-state index contributed by atoms with van der Waals surface area (Å²) < 4.78 is 64.6. The number of halogens is 4. The molecule has 0 spiro atoms. The molecule has 14 heteroatoms. The Labute approximate surface area is 245 Å². The molecule has 0 saturated carbocycles. The smallest absolute Gasteiger partial charge is 0.264 e. The van der Waals surface area contributed by atoms with Gasteiger partial charge in [-0.25, -0.2) is 27.5 Å². The van der Waals surface area contributed by atoms with Crippen molar-refractivity contribution in [2.45, 2.75) is 25.8 Å². The standard InChI is InChI=1S/C29H31F4N7O3/c1-16-15-40(9-8-38(16)2)22-11-21(30)24(17-4-6-39(7-5-17)29-35-12-18(43-3)13-36-29)25(31)26(22)37-28(42)20-14-34-23(41)10-19(20)27(32)33/h4,10-14,16,27H,5-9,15H2,1-3H3,(H,34,41)(H,37,42)/t16-/m0/s1. The summed E-state index contributed by atoms with van der Waals surface area (Å²) in [4.78, 5) is 41.3. The molecule has 2 aromatic heterocycles. The molecule has 1 amide bonds. The molecule has 43 heavy (non-hydrogen) atoms. The fourth-order valence-corrected chi connectivity index (χ4v) is 5.24. The molecular weight excluding hydrogens is 570 g/mol. The number of hydrogen-bond acceptors (Lipinski definition) is 8. The first kappa shape index (κ1) is 30.0. The van der Waals surface area contributed by atoms with Crippen LogP contribution in [0.1, 0.15) is 41.3 Å². The predicted molar refractivity (Wildman–Crippen MR) is 154 cm³/mol. The molecule has 0 radical (unpaired) electrons. The van der Waals surface area contributed by atoms with Crippen molar-refractivity contribution in [2.24, 2.45) is 0 Å². The van der Waals surface area contributed by atoms with Crippen molar-refractivity contribution < 1.29 is 27.1 Å². The monoisotopic (exact) mass is 601 g/mol. The number of aromatic nitrogens is 3. The lowest BCUT2D eigenvalue weighted by Gasteiger charge is -2.40. The molecule has 0 unspecified atom stereocenters. The Morgan fingerprint density at radius 1 is 1.14 bits per heavy atom. The normalized spacial score (nSPS) is 17.7. The van der Waals surface area contributed by atoms with Crippen LogP contribution in [0.25, 0.3) is 5.57 Å². The number of methoxy groups -OCH3 is 1. The van der Waals surface area contributed by atoms with Crippen LogP contribution in [-0.2, 0) is 0 Å². The predicted octanol–water partition coefficient (Wildman–Crippen LogP) is 4.08. The number of hydrogen-bond donors (Lipinski definition) is 2. The maximum absolute atomic E-state index is 16.4. The number of rotatable bonds is 7. The molecule has 2 aliphatic heterocycles. The van der Waals surface area contributed by atoms with E-state index in [0.29, 0.717) is 49.5 Å². The van der Waals surface area contributed by atoms with Crippen LogP contribution in [0.15, 0.2) is 41.6 Å². The van der Waals surface area contributed by atoms with E-state index >= 15 is 8.78 Å². The van der Waals surface area contributed by atoms with Gasteiger partial charge in [0.05, 0.1) is 36.3 Å². The van der Waals surface area contributed by atoms with E-state index < -0.39 is 40.7 Å². The Morgan fingerprint density at radius 3 is 2.51 bits per heavy atom. The lowest BCUT2D eigenvalue weighted by atomic mass is 9.96. The summed E-state index contributed by atoms with van der Waals surface area (Å²) in [5.74, 6) is -1.96. The molecule has 10 nitrogen and oxygen atoms in total. The third-order valence-corrected chi connectivity index (χ3v) is 7.84. The van der Waals surface area contributed by atoms with Crippen LogP contribution in [0.5, 0.6) is 5.75 Å². The Bertz CT molecular complexity index is 1600. The van der Waals surface area contributed by atoms with Gasteiger partial charge in [-0.1, -0.05) is 6.08 Å². The van der Waals surface area contributed by atoms with E-state index in [2.05, 4.69) is 25.2 Å². The zero-order chi connectivity index (χ0) is 30.8. The van der Waals surface area contributed by atoms with Gasteiger partial charge in [0.2, 0.25) is 11.5 Å². The average molecular weight is 602 g/mol. The number of H-pyrrole nitrogens is 1. The van der Waals surface area contributed by atoms with Crippen LogP contribution >= 0.6 is 0 Å². The highest BCUT2D eigenvalue weighted by atomic mass is 19.3. The van der Waals surface area contributed by atoms with Gasteiger partial charge in [0, 0.05) is 62.7 Å². The molecule has 1 atom stereocenters. The van der Waals surface area contributed by atoms with Crippen LogP contribution < -0.4 is 25.4 Å². The number of aromatic amines is 1. The summed E-state index contributed by atoms with van der Waals surface area (Å²) in [6, 6.07) is 1.84. The van der Waals surface area contributed by atoms with Crippen LogP contribution in [0.2, 0.25) is 0 Å². The molecule has 2 N–H and O–H groups in total. The molecule has 0 bridgehead atoms. The van der Waals surface area contributed by atoms with Gasteiger partial charge >= 0.3 is 0 Å². The van der Waals surface area contributed by atoms with Gasteiger partial charge < -0.3 is 29.7 Å². The van der Waals surface area contributed by atoms with Crippen LogP contribution in [0.3, 0.4) is 0 Å². The number of nitrogens with zero attached hydrogens (tertiary/aromatic N) is 5. The molecule has 0 aliphatic carbocycles. The maximum Gasteiger partial charge on any atom is 0.264 e. The van der Waals surface area contributed by atoms with E-state index in [1.165, 1.54) is 25.6 Å². The zero-order valence-electron chi connectivity index (χ0n) is 23.8. The van der Waals surface area contributed by atoms with Crippen molar-refractivity contribution in [3.63, 3.8) is 0 Å². The first-order chi connectivity index (χ1) is 20.6. The highest BCUT2D eigenvalue weighted by Crippen LogP contribution is 2.39. The van der Waals surface area contributed by atoms with Gasteiger partial charge in [-0.2, -0.15) is 0 Å². The first-order valence-electron chi connectivity index (χ1n) is 13.7. The Kier molecular flexibility index (Phi) is 8.67. The largest absolute Gasteiger partial charge is 0.494 e. The summed E-state index contributed by atoms with van der Waals surface area (Å²) in [5.41, 5.74) is -2.30. The number of anilines is 3. The number of benzene rings is 1. The quantitative estimate of drug-likeness (QED) is 0.391. The molecule has 1 fully saturated rings. The maximum atomic E-state index is 16.4. The van der Waals surface area contributed by atoms with E-state index in [9.17, 15) is 18.4 Å². The minimum atomic E-state index is -3.13. The molecule has 3 aromatic rings. The summed E-state index contributed by atoms with van der Waals surface area (Å²) in [6.45, 7) is 4.04. The second-order valence-corrected chi connectivity index (χ2v) is 10.5. The van der Waals surface area contributed by atoms with Crippen molar-refractivity contribution in [2.75, 3.05) is 62.0 Å². The van der Waals surface area contributed by atoms with Crippen LogP contribution in [0, 0.1) is 11.6 Å². The highest BCUT2D eigenvalue weighted by molar-refractivity contribution is 6.07. The Hall–Kier alpha value is -4.46. The number of pyridine rings is 1. The SMILES string of the molecule is COc1cnc(N2CC=C(c3c(F)cc(N4CCN(C)[C@@H](C)C4)c(NC(=O)c4c[nH]c(=O)cc4C(F)F)c3F)CC2)nc1. The van der Waals surface area contributed by atoms with Crippen molar-refractivity contribution in [1.29, 1.82) is 0 Å². The van der Waals surface area contributed by atoms with E-state index in [0.717, 1.165) is 6.20 Å². The molecule has 4 heterocycles. The third kappa shape index (κ3) is 6.19. The van der Waals surface area contributed by atoms with E-state index in [-0.39, 0.29) is 35.9 Å². The van der Waals surface area contributed by atoms with E-state index in [1.54, 1.807) is 11.0 Å². The van der Waals surface area contributed by atoms with Gasteiger partial charge in [0.1, 0.15) is 11.5 Å². The van der Waals surface area contributed by atoms with Crippen LogP contribution in [-0.4, -0.2) is 78.7 Å². The lowest BCUT2D eigenvalue weighted by molar-refractivity contribution is 0.101. The second-order valence-electron chi connectivity index (χ2n) is 10.5. The number of carbonyl (C=O) groups excluding carboxylic acids is 1. The fourth-order valence-electron chi connectivity index (χ4n) is 5.24. The number of likely N-dealkylation sites (N-methyl/N-ethyl adjacent to an activating group) is 1. The second kappa shape index (κ2) is 12.4. The van der Waals surface area contributed by atoms with Gasteiger partial charge in [0.25, 0.3) is 12.3 Å². The molecule has 2 aliphatic rings. The number of alkyl halides is 2. The summed E-state index contributed by atoms with van der Waals surface area (Å²) in [6.07, 6.45) is 2.69. The summed E-state index contributed by atoms with van der Waals surface area (Å²) in [7, 11) is 3.44. The van der Waals surface area contributed by atoms with Gasteiger partial charge in [-0.3, -0.25) is 9.59 Å². The molecule has 1 aromatic carbocycles. The van der Waals surface area contributed by atoms with Gasteiger partial charge in [-0.05, 0) is 26.0 Å². The molecule has 1 saturated heterocycles. The van der Waals surface area contributed by atoms with Crippen LogP contribution in [0.4, 0.5) is 34.9 Å². The molecule has 228 valence electrons. The fraction of sp³-hybridized carbons (Fsp3) is 0.379. The zero-order valence-corrected chi connectivity index (χ0v) is 23.8. The Morgan fingerprint density at radius 2 is 1.88 bits per heavy atom. The van der Waals surface area contributed by atoms with Crippen molar-refractivity contribution in [1.82, 2.24) is 19.9 Å². The van der Waals surface area contributed by atoms with Crippen molar-refractivity contribution in [3.05, 3.63) is 75.5 Å². The average Bonchev–Trinajstić information content (AvgIpc) is 3.00. The lowest BCUT2D eigenvalue weighted by Crippen LogP contribution is -2.50. The van der Waals surface area contributed by atoms with Crippen molar-refractivity contribution >= 4 is 28.8 Å². The van der Waals surface area contributed by atoms with Crippen molar-refractivity contribution in [3.8, 4) is 5.75 Å². The third-order valence-electron chi connectivity index (χ3n) is 7.84. The van der Waals surface area contributed by atoms with Gasteiger partial charge in [-0.15, -0.1) is 0 Å². The first-order valence-corrected chi connectivity index (χ1v) is 13.7. The number of nitrogens with one attached hydrogen (secondary N) is 2. The topological polar surface area (TPSA) is 107 Å². The number of amides is 1. The van der Waals surface area contributed by atoms with Gasteiger partial charge in [0.15, 0.2) is 11.6 Å². The number of piperazine rings is 1. The highest BCUT2D eigenvalue weighted by Gasteiger charge is 2.30. The van der Waals surface area contributed by atoms with E-state index in [1.807, 2.05) is 18.9 Å². The molecular formula is C29H31F4N7O3. The Balaban J connectivity index is 1.52. The number of carbonyl (C=O) groups is 1. The number of ether oxygens (including phenoxy) is 1. The van der Waals surface area contributed by atoms with E-state index in [4.69, 9.17) is 4.74 Å². The minimum Gasteiger partial charge on any atom is -0.494 e.